The van der Waals surface area contributed by atoms with Crippen LogP contribution in [0, 0.1) is 0 Å². The molecule has 5 heteroatoms. The Morgan fingerprint density at radius 2 is 1.61 bits per heavy atom. The monoisotopic (exact) mass is 448 g/mol. The number of nitrogens with zero attached hydrogens (tertiary/aromatic N) is 1. The highest BCUT2D eigenvalue weighted by Gasteiger charge is 2.14. The SMILES string of the molecule is O=C(Nc1ccc2oc(-c3cccc4c(Cl)cccc34)nc2c1)c1ccc2ccccc2c1. The fourth-order valence-corrected chi connectivity index (χ4v) is 4.35. The largest absolute Gasteiger partial charge is 0.436 e. The summed E-state index contributed by atoms with van der Waals surface area (Å²) in [5.74, 6) is 0.336. The number of oxazole rings is 1. The van der Waals surface area contributed by atoms with Crippen molar-refractivity contribution >= 4 is 55.8 Å². The van der Waals surface area contributed by atoms with E-state index in [2.05, 4.69) is 10.3 Å². The molecule has 1 N–H and O–H groups in total. The Bertz CT molecular complexity index is 1690. The van der Waals surface area contributed by atoms with Crippen molar-refractivity contribution < 1.29 is 9.21 Å². The van der Waals surface area contributed by atoms with Crippen LogP contribution >= 0.6 is 11.6 Å². The van der Waals surface area contributed by atoms with Gasteiger partial charge in [-0.2, -0.15) is 0 Å². The van der Waals surface area contributed by atoms with E-state index in [0.717, 1.165) is 27.1 Å². The number of hydrogen-bond donors (Lipinski definition) is 1. The predicted octanol–water partition coefficient (Wildman–Crippen LogP) is 7.71. The molecule has 0 fully saturated rings. The van der Waals surface area contributed by atoms with Crippen LogP contribution in [-0.2, 0) is 0 Å². The second kappa shape index (κ2) is 7.76. The summed E-state index contributed by atoms with van der Waals surface area (Å²) in [6.45, 7) is 0. The second-order valence-corrected chi connectivity index (χ2v) is 8.27. The fraction of sp³-hybridized carbons (Fsp3) is 0. The van der Waals surface area contributed by atoms with Crippen LogP contribution in [-0.4, -0.2) is 10.9 Å². The van der Waals surface area contributed by atoms with Gasteiger partial charge in [-0.3, -0.25) is 4.79 Å². The highest BCUT2D eigenvalue weighted by molar-refractivity contribution is 6.35. The minimum atomic E-state index is -0.174. The van der Waals surface area contributed by atoms with Crippen molar-refractivity contribution in [2.75, 3.05) is 5.32 Å². The van der Waals surface area contributed by atoms with E-state index in [-0.39, 0.29) is 5.91 Å². The second-order valence-electron chi connectivity index (χ2n) is 7.86. The summed E-state index contributed by atoms with van der Waals surface area (Å²) >= 11 is 6.36. The van der Waals surface area contributed by atoms with Crippen LogP contribution in [0.3, 0.4) is 0 Å². The van der Waals surface area contributed by atoms with Gasteiger partial charge in [0.2, 0.25) is 5.89 Å². The number of carbonyl (C=O) groups is 1. The van der Waals surface area contributed by atoms with E-state index in [1.54, 1.807) is 0 Å². The summed E-state index contributed by atoms with van der Waals surface area (Å²) in [5.41, 5.74) is 3.43. The molecule has 1 aromatic heterocycles. The molecule has 158 valence electrons. The smallest absolute Gasteiger partial charge is 0.255 e. The third kappa shape index (κ3) is 3.51. The van der Waals surface area contributed by atoms with Crippen LogP contribution in [0.5, 0.6) is 0 Å². The van der Waals surface area contributed by atoms with Gasteiger partial charge in [0, 0.05) is 27.2 Å². The van der Waals surface area contributed by atoms with Crippen LogP contribution in [0.15, 0.2) is 101 Å². The van der Waals surface area contributed by atoms with E-state index in [4.69, 9.17) is 16.0 Å². The van der Waals surface area contributed by atoms with E-state index in [9.17, 15) is 4.79 Å². The maximum Gasteiger partial charge on any atom is 0.255 e. The highest BCUT2D eigenvalue weighted by Crippen LogP contribution is 2.34. The van der Waals surface area contributed by atoms with Gasteiger partial charge in [-0.05, 0) is 58.6 Å². The number of aromatic nitrogens is 1. The van der Waals surface area contributed by atoms with Crippen molar-refractivity contribution in [1.29, 1.82) is 0 Å². The first-order valence-electron chi connectivity index (χ1n) is 10.5. The van der Waals surface area contributed by atoms with Crippen molar-refractivity contribution in [3.8, 4) is 11.5 Å². The molecule has 1 amide bonds. The van der Waals surface area contributed by atoms with Crippen LogP contribution in [0.4, 0.5) is 5.69 Å². The van der Waals surface area contributed by atoms with Gasteiger partial charge in [-0.15, -0.1) is 0 Å². The van der Waals surface area contributed by atoms with Gasteiger partial charge in [-0.25, -0.2) is 4.98 Å². The topological polar surface area (TPSA) is 55.1 Å². The first-order chi connectivity index (χ1) is 16.2. The number of hydrogen-bond acceptors (Lipinski definition) is 3. The third-order valence-corrected chi connectivity index (χ3v) is 6.09. The van der Waals surface area contributed by atoms with Gasteiger partial charge in [-0.1, -0.05) is 66.2 Å². The number of benzene rings is 5. The van der Waals surface area contributed by atoms with E-state index in [0.29, 0.717) is 33.3 Å². The van der Waals surface area contributed by atoms with Crippen molar-refractivity contribution in [2.45, 2.75) is 0 Å². The van der Waals surface area contributed by atoms with Crippen LogP contribution in [0.2, 0.25) is 5.02 Å². The molecule has 0 saturated carbocycles. The summed E-state index contributed by atoms with van der Waals surface area (Å²) in [6.07, 6.45) is 0. The van der Waals surface area contributed by atoms with Crippen molar-refractivity contribution in [1.82, 2.24) is 4.98 Å². The molecule has 1 heterocycles. The molecule has 0 spiro atoms. The van der Waals surface area contributed by atoms with Gasteiger partial charge < -0.3 is 9.73 Å². The van der Waals surface area contributed by atoms with Gasteiger partial charge in [0.1, 0.15) is 5.52 Å². The maximum absolute atomic E-state index is 12.8. The lowest BCUT2D eigenvalue weighted by atomic mass is 10.0. The Morgan fingerprint density at radius 1 is 0.788 bits per heavy atom. The lowest BCUT2D eigenvalue weighted by molar-refractivity contribution is 0.102. The average Bonchev–Trinajstić information content (AvgIpc) is 3.27. The fourth-order valence-electron chi connectivity index (χ4n) is 4.11. The molecule has 6 aromatic rings. The van der Waals surface area contributed by atoms with Crippen LogP contribution in [0.1, 0.15) is 10.4 Å². The summed E-state index contributed by atoms with van der Waals surface area (Å²) in [5, 5.41) is 7.69. The highest BCUT2D eigenvalue weighted by atomic mass is 35.5. The number of fused-ring (bicyclic) bond motifs is 3. The number of anilines is 1. The molecule has 0 bridgehead atoms. The molecule has 0 aliphatic heterocycles. The molecule has 5 aromatic carbocycles. The summed E-state index contributed by atoms with van der Waals surface area (Å²) in [4.78, 5) is 17.5. The van der Waals surface area contributed by atoms with E-state index in [1.807, 2.05) is 97.1 Å². The molecule has 33 heavy (non-hydrogen) atoms. The number of nitrogens with one attached hydrogen (secondary N) is 1. The molecule has 6 rings (SSSR count). The number of halogens is 1. The Kier molecular flexibility index (Phi) is 4.60. The maximum atomic E-state index is 12.8. The Labute approximate surface area is 194 Å². The quantitative estimate of drug-likeness (QED) is 0.301. The Hall–Kier alpha value is -4.15. The molecule has 4 nitrogen and oxygen atoms in total. The Morgan fingerprint density at radius 3 is 2.52 bits per heavy atom. The zero-order chi connectivity index (χ0) is 22.4. The zero-order valence-corrected chi connectivity index (χ0v) is 18.1. The number of rotatable bonds is 3. The lowest BCUT2D eigenvalue weighted by Crippen LogP contribution is -2.11. The average molecular weight is 449 g/mol. The zero-order valence-electron chi connectivity index (χ0n) is 17.4. The minimum Gasteiger partial charge on any atom is -0.436 e. The molecular formula is C28H17ClN2O2. The summed E-state index contributed by atoms with van der Waals surface area (Å²) in [6, 6.07) is 30.8. The summed E-state index contributed by atoms with van der Waals surface area (Å²) in [7, 11) is 0. The van der Waals surface area contributed by atoms with Gasteiger partial charge in [0.05, 0.1) is 0 Å². The predicted molar refractivity (Wildman–Crippen MR) is 134 cm³/mol. The van der Waals surface area contributed by atoms with E-state index >= 15 is 0 Å². The Balaban J connectivity index is 1.33. The van der Waals surface area contributed by atoms with Gasteiger partial charge in [0.15, 0.2) is 5.58 Å². The minimum absolute atomic E-state index is 0.174. The van der Waals surface area contributed by atoms with Crippen molar-refractivity contribution in [3.63, 3.8) is 0 Å². The third-order valence-electron chi connectivity index (χ3n) is 5.76. The van der Waals surface area contributed by atoms with Gasteiger partial charge in [0.25, 0.3) is 5.91 Å². The van der Waals surface area contributed by atoms with E-state index < -0.39 is 0 Å². The number of amides is 1. The lowest BCUT2D eigenvalue weighted by Gasteiger charge is -2.06. The molecular weight excluding hydrogens is 432 g/mol. The first kappa shape index (κ1) is 19.5. The van der Waals surface area contributed by atoms with E-state index in [1.165, 1.54) is 0 Å². The normalized spacial score (nSPS) is 11.3. The molecule has 0 unspecified atom stereocenters. The molecule has 0 aliphatic carbocycles. The van der Waals surface area contributed by atoms with Crippen LogP contribution < -0.4 is 5.32 Å². The first-order valence-corrected chi connectivity index (χ1v) is 10.9. The van der Waals surface area contributed by atoms with Crippen molar-refractivity contribution in [2.24, 2.45) is 0 Å². The van der Waals surface area contributed by atoms with Crippen LogP contribution in [0.25, 0.3) is 44.1 Å². The molecule has 0 radical (unpaired) electrons. The standard InChI is InChI=1S/C28H17ClN2O2/c29-24-10-4-7-21-22(24)8-3-9-23(21)28-31-25-16-20(13-14-26(25)33-28)30-27(32)19-12-11-17-5-1-2-6-18(17)15-19/h1-16H,(H,30,32). The molecule has 0 saturated heterocycles. The molecule has 0 atom stereocenters. The number of carbonyl (C=O) groups excluding carboxylic acids is 1. The summed E-state index contributed by atoms with van der Waals surface area (Å²) < 4.78 is 6.03. The van der Waals surface area contributed by atoms with Gasteiger partial charge >= 0.3 is 0 Å². The van der Waals surface area contributed by atoms with Crippen molar-refractivity contribution in [3.05, 3.63) is 108 Å². The molecule has 0 aliphatic rings.